The van der Waals surface area contributed by atoms with Gasteiger partial charge in [-0.15, -0.1) is 0 Å². The Bertz CT molecular complexity index is 873. The molecule has 1 amide bonds. The van der Waals surface area contributed by atoms with Gasteiger partial charge in [0.2, 0.25) is 0 Å². The maximum Gasteiger partial charge on any atom is 0.407 e. The Labute approximate surface area is 164 Å². The Morgan fingerprint density at radius 1 is 1.14 bits per heavy atom. The Hall–Kier alpha value is -2.37. The number of nitrogens with one attached hydrogen (secondary N) is 1. The van der Waals surface area contributed by atoms with Gasteiger partial charge < -0.3 is 19.9 Å². The molecule has 3 fully saturated rings. The predicted molar refractivity (Wildman–Crippen MR) is 105 cm³/mol. The van der Waals surface area contributed by atoms with Gasteiger partial charge in [0.05, 0.1) is 18.3 Å². The number of ether oxygens (including phenoxy) is 2. The first-order chi connectivity index (χ1) is 13.5. The van der Waals surface area contributed by atoms with Gasteiger partial charge in [0, 0.05) is 17.9 Å². The van der Waals surface area contributed by atoms with E-state index >= 15 is 0 Å². The van der Waals surface area contributed by atoms with Crippen molar-refractivity contribution in [2.24, 2.45) is 5.41 Å². The van der Waals surface area contributed by atoms with E-state index in [9.17, 15) is 9.90 Å². The molecular formula is C23H25NO4. The van der Waals surface area contributed by atoms with Gasteiger partial charge in [-0.1, -0.05) is 48.5 Å². The van der Waals surface area contributed by atoms with Crippen molar-refractivity contribution in [2.45, 2.75) is 37.4 Å². The molecule has 2 aliphatic heterocycles. The van der Waals surface area contributed by atoms with Crippen molar-refractivity contribution in [1.29, 1.82) is 0 Å². The molecule has 2 aromatic carbocycles. The van der Waals surface area contributed by atoms with Crippen molar-refractivity contribution in [3.63, 3.8) is 0 Å². The minimum atomic E-state index is -0.437. The van der Waals surface area contributed by atoms with E-state index in [1.807, 2.05) is 24.3 Å². The molecule has 1 saturated carbocycles. The molecule has 4 aliphatic rings. The number of aliphatic hydroxyl groups is 1. The molecule has 1 atom stereocenters. The summed E-state index contributed by atoms with van der Waals surface area (Å²) in [6.07, 6.45) is 1.12. The molecule has 146 valence electrons. The van der Waals surface area contributed by atoms with Crippen LogP contribution in [0.3, 0.4) is 0 Å². The number of rotatable bonds is 5. The normalized spacial score (nSPS) is 29.7. The number of carbonyl (C=O) groups excluding carboxylic acids is 1. The minimum absolute atomic E-state index is 0.0522. The van der Waals surface area contributed by atoms with E-state index in [0.717, 1.165) is 12.8 Å². The molecule has 2 saturated heterocycles. The number of aliphatic hydroxyl groups excluding tert-OH is 1. The van der Waals surface area contributed by atoms with E-state index in [-0.39, 0.29) is 29.6 Å². The van der Waals surface area contributed by atoms with Crippen LogP contribution >= 0.6 is 0 Å². The predicted octanol–water partition coefficient (Wildman–Crippen LogP) is 3.46. The van der Waals surface area contributed by atoms with Crippen molar-refractivity contribution in [3.8, 4) is 11.1 Å². The summed E-state index contributed by atoms with van der Waals surface area (Å²) in [4.78, 5) is 12.3. The quantitative estimate of drug-likeness (QED) is 0.835. The number of amides is 1. The second-order valence-electron chi connectivity index (χ2n) is 8.64. The molecule has 6 rings (SSSR count). The van der Waals surface area contributed by atoms with Gasteiger partial charge in [-0.05, 0) is 42.0 Å². The van der Waals surface area contributed by atoms with Crippen molar-refractivity contribution >= 4 is 6.09 Å². The molecule has 0 radical (unpaired) electrons. The maximum absolute atomic E-state index is 12.3. The fourth-order valence-electron chi connectivity index (χ4n) is 5.51. The van der Waals surface area contributed by atoms with Gasteiger partial charge >= 0.3 is 6.09 Å². The fourth-order valence-corrected chi connectivity index (χ4v) is 5.51. The molecule has 2 aromatic rings. The molecule has 28 heavy (non-hydrogen) atoms. The summed E-state index contributed by atoms with van der Waals surface area (Å²) in [6.45, 7) is 2.83. The largest absolute Gasteiger partial charge is 0.449 e. The van der Waals surface area contributed by atoms with Gasteiger partial charge in [0.1, 0.15) is 6.61 Å². The smallest absolute Gasteiger partial charge is 0.407 e. The zero-order valence-corrected chi connectivity index (χ0v) is 16.0. The molecule has 0 spiro atoms. The van der Waals surface area contributed by atoms with E-state index in [1.165, 1.54) is 22.3 Å². The lowest BCUT2D eigenvalue weighted by Gasteiger charge is -2.42. The summed E-state index contributed by atoms with van der Waals surface area (Å²) in [5.74, 6) is 0.0522. The lowest BCUT2D eigenvalue weighted by atomic mass is 9.61. The third kappa shape index (κ3) is 2.65. The molecule has 1 unspecified atom stereocenters. The highest BCUT2D eigenvalue weighted by molar-refractivity contribution is 5.79. The summed E-state index contributed by atoms with van der Waals surface area (Å²) in [6, 6.07) is 16.6. The highest BCUT2D eigenvalue weighted by Gasteiger charge is 2.65. The highest BCUT2D eigenvalue weighted by atomic mass is 16.6. The van der Waals surface area contributed by atoms with Crippen molar-refractivity contribution in [1.82, 2.24) is 5.32 Å². The van der Waals surface area contributed by atoms with E-state index in [0.29, 0.717) is 13.2 Å². The van der Waals surface area contributed by atoms with Crippen LogP contribution in [-0.2, 0) is 9.47 Å². The standard InChI is InChI=1S/C23H25NO4/c1-22-12-23(13-22,14-25)20(28-22)10-24-21(26)27-11-19-17-8-4-2-6-15(17)16-7-3-5-9-18(16)19/h2-9,19-20,25H,10-14H2,1H3,(H,24,26). The number of hydrogen-bond donors (Lipinski definition) is 2. The van der Waals surface area contributed by atoms with Crippen molar-refractivity contribution in [3.05, 3.63) is 59.7 Å². The Morgan fingerprint density at radius 3 is 2.36 bits per heavy atom. The van der Waals surface area contributed by atoms with E-state index in [2.05, 4.69) is 36.5 Å². The minimum Gasteiger partial charge on any atom is -0.449 e. The molecule has 2 aliphatic carbocycles. The number of fused-ring (bicyclic) bond motifs is 4. The number of alkyl carbamates (subject to hydrolysis) is 1. The second-order valence-corrected chi connectivity index (χ2v) is 8.64. The van der Waals surface area contributed by atoms with E-state index in [4.69, 9.17) is 9.47 Å². The SMILES string of the molecule is CC12CC(CO)(C1)C(CNC(=O)OCC1c3ccccc3-c3ccccc31)O2. The molecule has 2 bridgehead atoms. The first-order valence-corrected chi connectivity index (χ1v) is 9.91. The molecule has 0 aromatic heterocycles. The lowest BCUT2D eigenvalue weighted by Crippen LogP contribution is -2.48. The number of hydrogen-bond acceptors (Lipinski definition) is 4. The highest BCUT2D eigenvalue weighted by Crippen LogP contribution is 2.60. The summed E-state index contributed by atoms with van der Waals surface area (Å²) in [5, 5.41) is 12.6. The van der Waals surface area contributed by atoms with Crippen LogP contribution < -0.4 is 5.32 Å². The lowest BCUT2D eigenvalue weighted by molar-refractivity contribution is -0.0179. The van der Waals surface area contributed by atoms with Crippen LogP contribution in [0.4, 0.5) is 4.79 Å². The Kier molecular flexibility index (Phi) is 4.00. The van der Waals surface area contributed by atoms with Crippen molar-refractivity contribution < 1.29 is 19.4 Å². The van der Waals surface area contributed by atoms with Crippen LogP contribution in [0.5, 0.6) is 0 Å². The zero-order chi connectivity index (χ0) is 19.4. The van der Waals surface area contributed by atoms with Crippen LogP contribution in [0, 0.1) is 5.41 Å². The second kappa shape index (κ2) is 6.33. The molecule has 2 N–H and O–H groups in total. The van der Waals surface area contributed by atoms with Gasteiger partial charge in [-0.25, -0.2) is 4.79 Å². The first kappa shape index (κ1) is 17.7. The summed E-state index contributed by atoms with van der Waals surface area (Å²) in [5.41, 5.74) is 4.47. The van der Waals surface area contributed by atoms with Gasteiger partial charge in [0.25, 0.3) is 0 Å². The topological polar surface area (TPSA) is 67.8 Å². The van der Waals surface area contributed by atoms with E-state index in [1.54, 1.807) is 0 Å². The maximum atomic E-state index is 12.3. The average molecular weight is 379 g/mol. The zero-order valence-electron chi connectivity index (χ0n) is 16.0. The summed E-state index contributed by atoms with van der Waals surface area (Å²) in [7, 11) is 0. The molecular weight excluding hydrogens is 354 g/mol. The number of benzene rings is 2. The van der Waals surface area contributed by atoms with Crippen LogP contribution in [0.15, 0.2) is 48.5 Å². The molecule has 2 heterocycles. The van der Waals surface area contributed by atoms with Crippen LogP contribution in [0.1, 0.15) is 36.8 Å². The monoisotopic (exact) mass is 379 g/mol. The van der Waals surface area contributed by atoms with Crippen LogP contribution in [-0.4, -0.2) is 42.7 Å². The fraction of sp³-hybridized carbons (Fsp3) is 0.435. The van der Waals surface area contributed by atoms with Gasteiger partial charge in [0.15, 0.2) is 0 Å². The van der Waals surface area contributed by atoms with E-state index < -0.39 is 6.09 Å². The van der Waals surface area contributed by atoms with Crippen molar-refractivity contribution in [2.75, 3.05) is 19.8 Å². The first-order valence-electron chi connectivity index (χ1n) is 9.91. The van der Waals surface area contributed by atoms with Gasteiger partial charge in [-0.3, -0.25) is 0 Å². The molecule has 5 nitrogen and oxygen atoms in total. The third-order valence-electron chi connectivity index (χ3n) is 6.65. The summed E-state index contributed by atoms with van der Waals surface area (Å²) >= 11 is 0. The Balaban J connectivity index is 1.22. The average Bonchev–Trinajstić information content (AvgIpc) is 3.27. The number of carbonyl (C=O) groups is 1. The summed E-state index contributed by atoms with van der Waals surface area (Å²) < 4.78 is 11.6. The Morgan fingerprint density at radius 2 is 1.75 bits per heavy atom. The van der Waals surface area contributed by atoms with Crippen LogP contribution in [0.25, 0.3) is 11.1 Å². The molecule has 5 heteroatoms. The van der Waals surface area contributed by atoms with Gasteiger partial charge in [-0.2, -0.15) is 0 Å². The third-order valence-corrected chi connectivity index (χ3v) is 6.65. The van der Waals surface area contributed by atoms with Crippen LogP contribution in [0.2, 0.25) is 0 Å².